The van der Waals surface area contributed by atoms with E-state index in [1.807, 2.05) is 27.7 Å². The summed E-state index contributed by atoms with van der Waals surface area (Å²) in [6.07, 6.45) is 5.40. The summed E-state index contributed by atoms with van der Waals surface area (Å²) in [6.45, 7) is 8.50. The van der Waals surface area contributed by atoms with Crippen molar-refractivity contribution in [3.05, 3.63) is 0 Å². The monoisotopic (exact) mass is 454 g/mol. The molecule has 0 rings (SSSR count). The fraction of sp³-hybridized carbons (Fsp3) is 0.900. The zero-order chi connectivity index (χ0) is 22.7. The van der Waals surface area contributed by atoms with Gasteiger partial charge in [0.1, 0.15) is 0 Å². The molecule has 0 radical (unpaired) electrons. The molecule has 0 aromatic carbocycles. The van der Waals surface area contributed by atoms with Gasteiger partial charge < -0.3 is 9.05 Å². The van der Waals surface area contributed by atoms with Crippen LogP contribution in [0.3, 0.4) is 0 Å². The Kier molecular flexibility index (Phi) is 18.1. The average Bonchev–Trinajstić information content (AvgIpc) is 2.73. The molecule has 0 bridgehead atoms. The van der Waals surface area contributed by atoms with Gasteiger partial charge in [-0.2, -0.15) is 9.78 Å². The topological polar surface area (TPSA) is 107 Å². The Morgan fingerprint density at radius 1 is 0.700 bits per heavy atom. The highest BCUT2D eigenvalue weighted by atomic mass is 31.2. The third-order valence-electron chi connectivity index (χ3n) is 4.01. The van der Waals surface area contributed by atoms with Crippen LogP contribution in [0.2, 0.25) is 0 Å². The summed E-state index contributed by atoms with van der Waals surface area (Å²) >= 11 is 0. The summed E-state index contributed by atoms with van der Waals surface area (Å²) < 4.78 is 24.5. The number of hydrogen-bond acceptors (Lipinski definition) is 9. The van der Waals surface area contributed by atoms with Crippen LogP contribution in [-0.4, -0.2) is 44.0 Å². The van der Waals surface area contributed by atoms with Crippen LogP contribution >= 0.6 is 7.60 Å². The maximum atomic E-state index is 13.5. The Bertz CT molecular complexity index is 485. The summed E-state index contributed by atoms with van der Waals surface area (Å²) in [5, 5.41) is 0. The minimum Gasteiger partial charge on any atom is -0.308 e. The van der Waals surface area contributed by atoms with E-state index < -0.39 is 31.6 Å². The number of unbranched alkanes of at least 4 members (excludes halogenated alkanes) is 4. The Balaban J connectivity index is 5.27. The molecule has 0 aliphatic rings. The Hall–Kier alpha value is -0.990. The minimum absolute atomic E-state index is 0.127. The summed E-state index contributed by atoms with van der Waals surface area (Å²) in [5.41, 5.74) is -1.50. The smallest absolute Gasteiger partial charge is 0.308 e. The molecule has 0 spiro atoms. The van der Waals surface area contributed by atoms with Crippen LogP contribution < -0.4 is 0 Å². The molecule has 0 aromatic heterocycles. The van der Waals surface area contributed by atoms with Crippen molar-refractivity contribution in [1.29, 1.82) is 0 Å². The predicted octanol–water partition coefficient (Wildman–Crippen LogP) is 5.12. The Morgan fingerprint density at radius 2 is 1.13 bits per heavy atom. The van der Waals surface area contributed by atoms with E-state index in [2.05, 4.69) is 0 Å². The van der Waals surface area contributed by atoms with Crippen LogP contribution in [0.1, 0.15) is 85.5 Å². The van der Waals surface area contributed by atoms with Crippen molar-refractivity contribution in [2.24, 2.45) is 0 Å². The fourth-order valence-corrected chi connectivity index (χ4v) is 3.95. The van der Waals surface area contributed by atoms with Crippen molar-refractivity contribution < 1.29 is 42.8 Å². The molecule has 0 aromatic rings. The van der Waals surface area contributed by atoms with Crippen molar-refractivity contribution in [1.82, 2.24) is 0 Å². The van der Waals surface area contributed by atoms with Crippen molar-refractivity contribution in [2.75, 3.05) is 26.4 Å². The zero-order valence-corrected chi connectivity index (χ0v) is 19.8. The highest BCUT2D eigenvalue weighted by Crippen LogP contribution is 2.55. The van der Waals surface area contributed by atoms with Gasteiger partial charge in [0.2, 0.25) is 0 Å². The van der Waals surface area contributed by atoms with Gasteiger partial charge in [-0.25, -0.2) is 9.59 Å². The normalized spacial score (nSPS) is 12.5. The Morgan fingerprint density at radius 3 is 1.60 bits per heavy atom. The molecule has 0 saturated carbocycles. The maximum absolute atomic E-state index is 13.5. The molecule has 0 heterocycles. The molecule has 0 N–H and O–H groups in total. The molecule has 0 aliphatic carbocycles. The molecule has 178 valence electrons. The van der Waals surface area contributed by atoms with Crippen molar-refractivity contribution in [3.63, 3.8) is 0 Å². The highest BCUT2D eigenvalue weighted by Gasteiger charge is 2.45. The summed E-state index contributed by atoms with van der Waals surface area (Å²) in [4.78, 5) is 44.0. The number of carbonyl (C=O) groups is 2. The summed E-state index contributed by atoms with van der Waals surface area (Å²) in [6, 6.07) is 0. The van der Waals surface area contributed by atoms with Gasteiger partial charge in [0.15, 0.2) is 5.66 Å². The second kappa shape index (κ2) is 18.8. The van der Waals surface area contributed by atoms with Gasteiger partial charge in [-0.05, 0) is 25.7 Å². The first-order chi connectivity index (χ1) is 14.4. The SMILES string of the molecule is CCCCOOC(=O)CC(C(=O)OOCCCC)P(=O)(OCCCC)OCCCC. The van der Waals surface area contributed by atoms with Gasteiger partial charge in [0.25, 0.3) is 0 Å². The van der Waals surface area contributed by atoms with Crippen LogP contribution in [0.25, 0.3) is 0 Å². The number of hydrogen-bond donors (Lipinski definition) is 0. The third-order valence-corrected chi connectivity index (χ3v) is 6.25. The standard InChI is InChI=1S/C20H39O9P/c1-5-9-13-24-28-19(21)17-18(20(22)29-25-14-10-6-2)30(23,26-15-11-7-3)27-16-12-8-4/h18H,5-17H2,1-4H3. The van der Waals surface area contributed by atoms with Gasteiger partial charge in [-0.1, -0.05) is 53.4 Å². The van der Waals surface area contributed by atoms with Crippen LogP contribution in [0, 0.1) is 0 Å². The molecule has 1 unspecified atom stereocenters. The van der Waals surface area contributed by atoms with Crippen LogP contribution in [0.4, 0.5) is 0 Å². The maximum Gasteiger partial charge on any atom is 0.358 e. The number of rotatable bonds is 20. The second-order valence-corrected chi connectivity index (χ2v) is 9.06. The molecule has 0 aliphatic heterocycles. The van der Waals surface area contributed by atoms with E-state index in [0.717, 1.165) is 25.7 Å². The van der Waals surface area contributed by atoms with Gasteiger partial charge in [-0.3, -0.25) is 14.3 Å². The molecular weight excluding hydrogens is 415 g/mol. The van der Waals surface area contributed by atoms with Crippen LogP contribution in [0.5, 0.6) is 0 Å². The van der Waals surface area contributed by atoms with E-state index >= 15 is 0 Å². The summed E-state index contributed by atoms with van der Waals surface area (Å²) in [7, 11) is -4.01. The first-order valence-corrected chi connectivity index (χ1v) is 12.6. The first kappa shape index (κ1) is 29.0. The molecule has 0 saturated heterocycles. The molecule has 9 nitrogen and oxygen atoms in total. The fourth-order valence-electron chi connectivity index (χ4n) is 2.07. The first-order valence-electron chi connectivity index (χ1n) is 11.0. The lowest BCUT2D eigenvalue weighted by Crippen LogP contribution is -2.30. The highest BCUT2D eigenvalue weighted by molar-refractivity contribution is 7.55. The van der Waals surface area contributed by atoms with Crippen molar-refractivity contribution in [3.8, 4) is 0 Å². The second-order valence-electron chi connectivity index (χ2n) is 6.84. The predicted molar refractivity (Wildman–Crippen MR) is 112 cm³/mol. The number of carbonyl (C=O) groups excluding carboxylic acids is 2. The van der Waals surface area contributed by atoms with Gasteiger partial charge in [0.05, 0.1) is 32.8 Å². The molecular formula is C20H39O9P. The average molecular weight is 454 g/mol. The van der Waals surface area contributed by atoms with Crippen LogP contribution in [0.15, 0.2) is 0 Å². The molecule has 0 fully saturated rings. The molecule has 1 atom stereocenters. The van der Waals surface area contributed by atoms with Crippen LogP contribution in [-0.2, 0) is 42.8 Å². The zero-order valence-electron chi connectivity index (χ0n) is 18.9. The quantitative estimate of drug-likeness (QED) is 0.107. The van der Waals surface area contributed by atoms with Crippen molar-refractivity contribution in [2.45, 2.75) is 91.1 Å². The minimum atomic E-state index is -4.01. The molecule has 10 heteroatoms. The van der Waals surface area contributed by atoms with E-state index in [1.54, 1.807) is 0 Å². The summed E-state index contributed by atoms with van der Waals surface area (Å²) in [5.74, 6) is -1.85. The molecule has 0 amide bonds. The van der Waals surface area contributed by atoms with Crippen molar-refractivity contribution >= 4 is 19.5 Å². The largest absolute Gasteiger partial charge is 0.358 e. The van der Waals surface area contributed by atoms with Gasteiger partial charge >= 0.3 is 19.5 Å². The lowest BCUT2D eigenvalue weighted by molar-refractivity contribution is -0.277. The van der Waals surface area contributed by atoms with E-state index in [1.165, 1.54) is 0 Å². The lowest BCUT2D eigenvalue weighted by Gasteiger charge is -2.24. The van der Waals surface area contributed by atoms with E-state index in [-0.39, 0.29) is 26.4 Å². The van der Waals surface area contributed by atoms with E-state index in [4.69, 9.17) is 28.6 Å². The molecule has 30 heavy (non-hydrogen) atoms. The van der Waals surface area contributed by atoms with Gasteiger partial charge in [0, 0.05) is 0 Å². The van der Waals surface area contributed by atoms with E-state index in [0.29, 0.717) is 25.7 Å². The van der Waals surface area contributed by atoms with E-state index in [9.17, 15) is 14.2 Å². The third kappa shape index (κ3) is 13.3. The Labute approximate surface area is 180 Å². The van der Waals surface area contributed by atoms with Gasteiger partial charge in [-0.15, -0.1) is 0 Å². The lowest BCUT2D eigenvalue weighted by atomic mass is 10.3.